The first-order valence-electron chi connectivity index (χ1n) is 7.97. The van der Waals surface area contributed by atoms with Crippen molar-refractivity contribution in [1.82, 2.24) is 15.0 Å². The van der Waals surface area contributed by atoms with Gasteiger partial charge in [0.05, 0.1) is 5.52 Å². The molecule has 0 saturated carbocycles. The second kappa shape index (κ2) is 5.84. The van der Waals surface area contributed by atoms with E-state index in [2.05, 4.69) is 53.1 Å². The van der Waals surface area contributed by atoms with Crippen LogP contribution in [0.3, 0.4) is 0 Å². The molecule has 4 aromatic rings. The van der Waals surface area contributed by atoms with Crippen LogP contribution in [-0.4, -0.2) is 15.0 Å². The second-order valence-electron chi connectivity index (χ2n) is 5.87. The van der Waals surface area contributed by atoms with E-state index < -0.39 is 0 Å². The van der Waals surface area contributed by atoms with Gasteiger partial charge in [0.2, 0.25) is 0 Å². The van der Waals surface area contributed by atoms with Crippen molar-refractivity contribution in [2.45, 2.75) is 20.3 Å². The van der Waals surface area contributed by atoms with Crippen LogP contribution in [-0.2, 0) is 6.42 Å². The molecule has 4 heteroatoms. The number of benzene rings is 2. The zero-order valence-electron chi connectivity index (χ0n) is 13.5. The quantitative estimate of drug-likeness (QED) is 0.463. The summed E-state index contributed by atoms with van der Waals surface area (Å²) in [5, 5.41) is 3.66. The molecule has 0 radical (unpaired) electrons. The van der Waals surface area contributed by atoms with Gasteiger partial charge >= 0.3 is 0 Å². The van der Waals surface area contributed by atoms with Crippen LogP contribution < -0.4 is 0 Å². The lowest BCUT2D eigenvalue weighted by atomic mass is 9.94. The molecule has 0 unspecified atom stereocenters. The average Bonchev–Trinajstić information content (AvgIpc) is 2.61. The number of pyridine rings is 1. The first-order chi connectivity index (χ1) is 11.7. The molecule has 2 heterocycles. The Morgan fingerprint density at radius 2 is 1.88 bits per heavy atom. The number of aromatic nitrogens is 3. The minimum Gasteiger partial charge on any atom is -0.244 e. The van der Waals surface area contributed by atoms with Gasteiger partial charge in [0, 0.05) is 29.6 Å². The fraction of sp³-hybridized carbons (Fsp3) is 0.150. The molecule has 2 aromatic heterocycles. The predicted octanol–water partition coefficient (Wildman–Crippen LogP) is 5.37. The lowest BCUT2D eigenvalue weighted by Gasteiger charge is -2.12. The number of aryl methyl sites for hydroxylation is 2. The fourth-order valence-electron chi connectivity index (χ4n) is 3.11. The largest absolute Gasteiger partial charge is 0.244 e. The highest BCUT2D eigenvalue weighted by atomic mass is 35.5. The topological polar surface area (TPSA) is 38.7 Å². The zero-order chi connectivity index (χ0) is 16.7. The number of nitrogens with zero attached hydrogens (tertiary/aromatic N) is 3. The second-order valence-corrected chi connectivity index (χ2v) is 6.23. The van der Waals surface area contributed by atoms with Gasteiger partial charge in [-0.15, -0.1) is 0 Å². The highest BCUT2D eigenvalue weighted by Gasteiger charge is 2.11. The summed E-state index contributed by atoms with van der Waals surface area (Å²) in [4.78, 5) is 13.2. The lowest BCUT2D eigenvalue weighted by molar-refractivity contribution is 0.961. The Kier molecular flexibility index (Phi) is 3.66. The van der Waals surface area contributed by atoms with E-state index in [1.54, 1.807) is 6.20 Å². The fourth-order valence-corrected chi connectivity index (χ4v) is 3.33. The van der Waals surface area contributed by atoms with Crippen molar-refractivity contribution in [3.8, 4) is 11.1 Å². The van der Waals surface area contributed by atoms with E-state index in [0.29, 0.717) is 5.15 Å². The van der Waals surface area contributed by atoms with Crippen LogP contribution in [0, 0.1) is 6.92 Å². The summed E-state index contributed by atoms with van der Waals surface area (Å²) in [7, 11) is 0. The van der Waals surface area contributed by atoms with Gasteiger partial charge in [-0.1, -0.05) is 36.7 Å². The van der Waals surface area contributed by atoms with Gasteiger partial charge < -0.3 is 0 Å². The van der Waals surface area contributed by atoms with Crippen molar-refractivity contribution in [3.05, 3.63) is 65.3 Å². The van der Waals surface area contributed by atoms with Gasteiger partial charge in [0.25, 0.3) is 0 Å². The Balaban J connectivity index is 1.99. The molecule has 2 aromatic carbocycles. The highest BCUT2D eigenvalue weighted by Crippen LogP contribution is 2.35. The Bertz CT molecular complexity index is 1070. The van der Waals surface area contributed by atoms with Crippen molar-refractivity contribution < 1.29 is 0 Å². The van der Waals surface area contributed by atoms with Crippen molar-refractivity contribution in [2.75, 3.05) is 0 Å². The third-order valence-corrected chi connectivity index (χ3v) is 4.64. The molecule has 0 spiro atoms. The first-order valence-corrected chi connectivity index (χ1v) is 8.35. The van der Waals surface area contributed by atoms with Crippen LogP contribution in [0.4, 0.5) is 0 Å². The van der Waals surface area contributed by atoms with Crippen LogP contribution in [0.2, 0.25) is 5.15 Å². The van der Waals surface area contributed by atoms with E-state index in [-0.39, 0.29) is 0 Å². The van der Waals surface area contributed by atoms with Crippen LogP contribution in [0.15, 0.2) is 48.8 Å². The minimum absolute atomic E-state index is 0.533. The van der Waals surface area contributed by atoms with Crippen LogP contribution in [0.25, 0.3) is 32.8 Å². The molecule has 4 rings (SSSR count). The number of halogens is 1. The van der Waals surface area contributed by atoms with Crippen LogP contribution in [0.1, 0.15) is 18.3 Å². The maximum Gasteiger partial charge on any atom is 0.136 e. The SMILES string of the molecule is CCc1ncc2cc(-c3c(C)ccc4c(Cl)nccc34)ccc2n1. The molecule has 0 fully saturated rings. The molecule has 0 bridgehead atoms. The Labute approximate surface area is 145 Å². The third-order valence-electron chi connectivity index (χ3n) is 4.34. The van der Waals surface area contributed by atoms with Gasteiger partial charge in [-0.2, -0.15) is 0 Å². The van der Waals surface area contributed by atoms with Gasteiger partial charge in [-0.05, 0) is 47.2 Å². The average molecular weight is 334 g/mol. The molecular formula is C20H16ClN3. The molecular weight excluding hydrogens is 318 g/mol. The number of hydrogen-bond acceptors (Lipinski definition) is 3. The molecule has 0 aliphatic heterocycles. The molecule has 0 N–H and O–H groups in total. The Morgan fingerprint density at radius 3 is 2.71 bits per heavy atom. The van der Waals surface area contributed by atoms with E-state index in [1.807, 2.05) is 18.3 Å². The zero-order valence-corrected chi connectivity index (χ0v) is 14.3. The summed E-state index contributed by atoms with van der Waals surface area (Å²) in [6.45, 7) is 4.18. The lowest BCUT2D eigenvalue weighted by Crippen LogP contribution is -1.93. The number of rotatable bonds is 2. The van der Waals surface area contributed by atoms with Crippen molar-refractivity contribution in [1.29, 1.82) is 0 Å². The van der Waals surface area contributed by atoms with Crippen molar-refractivity contribution >= 4 is 33.3 Å². The van der Waals surface area contributed by atoms with Crippen molar-refractivity contribution in [3.63, 3.8) is 0 Å². The number of hydrogen-bond donors (Lipinski definition) is 0. The molecule has 118 valence electrons. The van der Waals surface area contributed by atoms with Gasteiger partial charge in [0.1, 0.15) is 11.0 Å². The third kappa shape index (κ3) is 2.42. The van der Waals surface area contributed by atoms with E-state index in [4.69, 9.17) is 11.6 Å². The minimum atomic E-state index is 0.533. The van der Waals surface area contributed by atoms with E-state index in [0.717, 1.165) is 39.5 Å². The first kappa shape index (κ1) is 15.0. The molecule has 0 atom stereocenters. The predicted molar refractivity (Wildman–Crippen MR) is 99.4 cm³/mol. The van der Waals surface area contributed by atoms with E-state index in [1.165, 1.54) is 11.1 Å². The number of fused-ring (bicyclic) bond motifs is 2. The van der Waals surface area contributed by atoms with Crippen LogP contribution in [0.5, 0.6) is 0 Å². The summed E-state index contributed by atoms with van der Waals surface area (Å²) >= 11 is 6.27. The van der Waals surface area contributed by atoms with Gasteiger partial charge in [-0.25, -0.2) is 15.0 Å². The molecule has 0 amide bonds. The highest BCUT2D eigenvalue weighted by molar-refractivity contribution is 6.34. The molecule has 24 heavy (non-hydrogen) atoms. The van der Waals surface area contributed by atoms with Gasteiger partial charge in [-0.3, -0.25) is 0 Å². The Morgan fingerprint density at radius 1 is 1.00 bits per heavy atom. The van der Waals surface area contributed by atoms with Crippen LogP contribution >= 0.6 is 11.6 Å². The summed E-state index contributed by atoms with van der Waals surface area (Å²) in [6.07, 6.45) is 4.50. The van der Waals surface area contributed by atoms with Crippen molar-refractivity contribution in [2.24, 2.45) is 0 Å². The maximum absolute atomic E-state index is 6.27. The van der Waals surface area contributed by atoms with Gasteiger partial charge in [0.15, 0.2) is 0 Å². The monoisotopic (exact) mass is 333 g/mol. The molecule has 0 aliphatic rings. The van der Waals surface area contributed by atoms with E-state index in [9.17, 15) is 0 Å². The summed E-state index contributed by atoms with van der Waals surface area (Å²) in [5.41, 5.74) is 4.50. The van der Waals surface area contributed by atoms with E-state index >= 15 is 0 Å². The Hall–Kier alpha value is -2.52. The standard InChI is InChI=1S/C20H16ClN3/c1-3-18-23-11-14-10-13(5-7-17(14)24-18)19-12(2)4-6-16-15(19)8-9-22-20(16)21/h4-11H,3H2,1-2H3. The molecule has 0 aliphatic carbocycles. The molecule has 0 saturated heterocycles. The summed E-state index contributed by atoms with van der Waals surface area (Å²) in [5.74, 6) is 0.870. The summed E-state index contributed by atoms with van der Waals surface area (Å²) in [6, 6.07) is 12.5. The molecule has 3 nitrogen and oxygen atoms in total. The summed E-state index contributed by atoms with van der Waals surface area (Å²) < 4.78 is 0. The normalized spacial score (nSPS) is 11.3. The smallest absolute Gasteiger partial charge is 0.136 e. The maximum atomic E-state index is 6.27.